The minimum atomic E-state index is -2.70. The van der Waals surface area contributed by atoms with Gasteiger partial charge < -0.3 is 4.74 Å². The number of carbonyl (C=O) groups is 1. The van der Waals surface area contributed by atoms with Gasteiger partial charge in [-0.1, -0.05) is 0 Å². The maximum absolute atomic E-state index is 12.5. The van der Waals surface area contributed by atoms with E-state index in [-0.39, 0.29) is 16.9 Å². The number of alkyl halides is 3. The van der Waals surface area contributed by atoms with Crippen LogP contribution >= 0.6 is 27.5 Å². The molecule has 1 aromatic rings. The number of nitrogens with zero attached hydrogens (tertiary/aromatic N) is 1. The van der Waals surface area contributed by atoms with Gasteiger partial charge in [-0.2, -0.15) is 0 Å². The lowest BCUT2D eigenvalue weighted by Gasteiger charge is -2.10. The van der Waals surface area contributed by atoms with Crippen molar-refractivity contribution in [2.45, 2.75) is 18.7 Å². The molecule has 0 atom stereocenters. The summed E-state index contributed by atoms with van der Waals surface area (Å²) in [6, 6.07) is 1.17. The molecule has 1 aromatic heterocycles. The first-order valence-corrected chi connectivity index (χ1v) is 5.91. The number of carbonyl (C=O) groups excluding carboxylic acids is 1. The number of esters is 1. The van der Waals surface area contributed by atoms with Crippen LogP contribution in [-0.2, 0) is 21.8 Å². The SMILES string of the molecule is COC(=O)Cc1cc(C(F)F)nc(Br)c1CCl. The van der Waals surface area contributed by atoms with Crippen molar-refractivity contribution in [3.63, 3.8) is 0 Å². The van der Waals surface area contributed by atoms with E-state index >= 15 is 0 Å². The first kappa shape index (κ1) is 14.3. The van der Waals surface area contributed by atoms with Gasteiger partial charge in [-0.25, -0.2) is 13.8 Å². The monoisotopic (exact) mass is 327 g/mol. The summed E-state index contributed by atoms with van der Waals surface area (Å²) in [6.07, 6.45) is -2.81. The number of hydrogen-bond donors (Lipinski definition) is 0. The summed E-state index contributed by atoms with van der Waals surface area (Å²) in [5.74, 6) is -0.446. The highest BCUT2D eigenvalue weighted by Gasteiger charge is 2.17. The minimum Gasteiger partial charge on any atom is -0.469 e. The van der Waals surface area contributed by atoms with Crippen LogP contribution in [0.3, 0.4) is 0 Å². The first-order chi connectivity index (χ1) is 7.99. The van der Waals surface area contributed by atoms with Crippen LogP contribution in [0, 0.1) is 0 Å². The summed E-state index contributed by atoms with van der Waals surface area (Å²) < 4.78 is 29.8. The molecule has 0 N–H and O–H groups in total. The van der Waals surface area contributed by atoms with Gasteiger partial charge in [0, 0.05) is 5.56 Å². The maximum Gasteiger partial charge on any atom is 0.309 e. The van der Waals surface area contributed by atoms with E-state index in [2.05, 4.69) is 25.7 Å². The van der Waals surface area contributed by atoms with Crippen molar-refractivity contribution < 1.29 is 18.3 Å². The van der Waals surface area contributed by atoms with Crippen molar-refractivity contribution in [1.82, 2.24) is 4.98 Å². The van der Waals surface area contributed by atoms with E-state index in [4.69, 9.17) is 11.6 Å². The van der Waals surface area contributed by atoms with Crippen LogP contribution in [0.15, 0.2) is 10.7 Å². The fraction of sp³-hybridized carbons (Fsp3) is 0.400. The molecule has 7 heteroatoms. The molecule has 0 aliphatic rings. The van der Waals surface area contributed by atoms with Crippen LogP contribution in [0.25, 0.3) is 0 Å². The van der Waals surface area contributed by atoms with Crippen LogP contribution in [0.4, 0.5) is 8.78 Å². The van der Waals surface area contributed by atoms with Crippen molar-refractivity contribution >= 4 is 33.5 Å². The first-order valence-electron chi connectivity index (χ1n) is 4.58. The molecule has 0 amide bonds. The molecule has 0 aliphatic carbocycles. The van der Waals surface area contributed by atoms with Crippen LogP contribution in [0.2, 0.25) is 0 Å². The lowest BCUT2D eigenvalue weighted by atomic mass is 10.1. The molecule has 3 nitrogen and oxygen atoms in total. The zero-order valence-electron chi connectivity index (χ0n) is 8.84. The van der Waals surface area contributed by atoms with Gasteiger partial charge in [-0.05, 0) is 27.6 Å². The Morgan fingerprint density at radius 2 is 2.29 bits per heavy atom. The van der Waals surface area contributed by atoms with Gasteiger partial charge in [0.25, 0.3) is 6.43 Å². The topological polar surface area (TPSA) is 39.2 Å². The molecular formula is C10H9BrClF2NO2. The van der Waals surface area contributed by atoms with E-state index in [1.807, 2.05) is 0 Å². The molecule has 0 aromatic carbocycles. The number of methoxy groups -OCH3 is 1. The molecule has 0 bridgehead atoms. The Morgan fingerprint density at radius 1 is 1.65 bits per heavy atom. The molecular weight excluding hydrogens is 319 g/mol. The predicted molar refractivity (Wildman–Crippen MR) is 62.2 cm³/mol. The van der Waals surface area contributed by atoms with E-state index in [0.717, 1.165) is 0 Å². The minimum absolute atomic E-state index is 0.0728. The highest BCUT2D eigenvalue weighted by atomic mass is 79.9. The zero-order chi connectivity index (χ0) is 13.0. The Morgan fingerprint density at radius 3 is 2.76 bits per heavy atom. The molecule has 0 saturated carbocycles. The van der Waals surface area contributed by atoms with E-state index in [1.54, 1.807) is 0 Å². The van der Waals surface area contributed by atoms with Crippen molar-refractivity contribution in [2.24, 2.45) is 0 Å². The predicted octanol–water partition coefficient (Wildman–Crippen LogP) is 3.24. The maximum atomic E-state index is 12.5. The van der Waals surface area contributed by atoms with Crippen molar-refractivity contribution in [2.75, 3.05) is 7.11 Å². The van der Waals surface area contributed by atoms with E-state index in [9.17, 15) is 13.6 Å². The fourth-order valence-corrected chi connectivity index (χ4v) is 2.31. The standard InChI is InChI=1S/C10H9BrClF2NO2/c1-17-8(16)3-5-2-7(10(13)14)15-9(11)6(5)4-12/h2,10H,3-4H2,1H3. The van der Waals surface area contributed by atoms with E-state index in [0.29, 0.717) is 11.1 Å². The highest BCUT2D eigenvalue weighted by Crippen LogP contribution is 2.27. The van der Waals surface area contributed by atoms with Gasteiger partial charge in [-0.3, -0.25) is 4.79 Å². The van der Waals surface area contributed by atoms with Gasteiger partial charge in [0.05, 0.1) is 19.4 Å². The molecule has 1 heterocycles. The molecule has 0 spiro atoms. The summed E-state index contributed by atoms with van der Waals surface area (Å²) in [5, 5.41) is 0. The third-order valence-electron chi connectivity index (χ3n) is 2.11. The van der Waals surface area contributed by atoms with Crippen molar-refractivity contribution in [3.05, 3.63) is 27.5 Å². The second-order valence-electron chi connectivity index (χ2n) is 3.16. The van der Waals surface area contributed by atoms with Gasteiger partial charge in [0.15, 0.2) is 0 Å². The number of aromatic nitrogens is 1. The largest absolute Gasteiger partial charge is 0.469 e. The summed E-state index contributed by atoms with van der Waals surface area (Å²) in [4.78, 5) is 14.8. The van der Waals surface area contributed by atoms with Crippen molar-refractivity contribution in [3.8, 4) is 0 Å². The smallest absolute Gasteiger partial charge is 0.309 e. The lowest BCUT2D eigenvalue weighted by molar-refractivity contribution is -0.139. The molecule has 1 rings (SSSR count). The average Bonchev–Trinajstić information content (AvgIpc) is 2.28. The van der Waals surface area contributed by atoms with E-state index in [1.165, 1.54) is 13.2 Å². The lowest BCUT2D eigenvalue weighted by Crippen LogP contribution is -2.09. The number of pyridine rings is 1. The summed E-state index contributed by atoms with van der Waals surface area (Å²) >= 11 is 8.74. The Kier molecular flexibility index (Phi) is 5.27. The normalized spacial score (nSPS) is 10.7. The number of ether oxygens (including phenoxy) is 1. The van der Waals surface area contributed by atoms with E-state index < -0.39 is 18.1 Å². The Balaban J connectivity index is 3.19. The molecule has 0 fully saturated rings. The zero-order valence-corrected chi connectivity index (χ0v) is 11.2. The molecule has 94 valence electrons. The fourth-order valence-electron chi connectivity index (χ4n) is 1.25. The van der Waals surface area contributed by atoms with Crippen LogP contribution < -0.4 is 0 Å². The molecule has 0 radical (unpaired) electrons. The third kappa shape index (κ3) is 3.61. The van der Waals surface area contributed by atoms with Crippen LogP contribution in [0.5, 0.6) is 0 Å². The van der Waals surface area contributed by atoms with Gasteiger partial charge in [0.1, 0.15) is 10.3 Å². The summed E-state index contributed by atoms with van der Waals surface area (Å²) in [7, 11) is 1.23. The molecule has 0 unspecified atom stereocenters. The Bertz CT molecular complexity index is 429. The van der Waals surface area contributed by atoms with Gasteiger partial charge in [0.2, 0.25) is 0 Å². The van der Waals surface area contributed by atoms with Gasteiger partial charge in [-0.15, -0.1) is 11.6 Å². The Hall–Kier alpha value is -0.750. The quantitative estimate of drug-likeness (QED) is 0.484. The summed E-state index contributed by atoms with van der Waals surface area (Å²) in [6.45, 7) is 0. The number of rotatable bonds is 4. The number of halogens is 4. The summed E-state index contributed by atoms with van der Waals surface area (Å²) in [5.41, 5.74) is 0.509. The average molecular weight is 329 g/mol. The van der Waals surface area contributed by atoms with Crippen LogP contribution in [0.1, 0.15) is 23.2 Å². The Labute approximate surface area is 110 Å². The van der Waals surface area contributed by atoms with Crippen molar-refractivity contribution in [1.29, 1.82) is 0 Å². The van der Waals surface area contributed by atoms with Crippen LogP contribution in [-0.4, -0.2) is 18.1 Å². The second kappa shape index (κ2) is 6.26. The molecule has 0 saturated heterocycles. The highest BCUT2D eigenvalue weighted by molar-refractivity contribution is 9.10. The number of hydrogen-bond acceptors (Lipinski definition) is 3. The molecule has 0 aliphatic heterocycles. The third-order valence-corrected chi connectivity index (χ3v) is 3.03. The molecule has 17 heavy (non-hydrogen) atoms. The van der Waals surface area contributed by atoms with Gasteiger partial charge >= 0.3 is 5.97 Å². The second-order valence-corrected chi connectivity index (χ2v) is 4.18.